The smallest absolute Gasteiger partial charge is 0.150 e. The van der Waals surface area contributed by atoms with Crippen LogP contribution in [0.5, 0.6) is 0 Å². The molecule has 0 aromatic carbocycles. The summed E-state index contributed by atoms with van der Waals surface area (Å²) in [5, 5.41) is 0.0196. The second-order valence-corrected chi connectivity index (χ2v) is 7.29. The van der Waals surface area contributed by atoms with Crippen LogP contribution in [0.3, 0.4) is 0 Å². The Hall–Kier alpha value is 0.200. The van der Waals surface area contributed by atoms with Crippen LogP contribution >= 0.6 is 11.6 Å². The third-order valence-electron chi connectivity index (χ3n) is 3.43. The first-order valence-corrected chi connectivity index (χ1v) is 7.76. The fraction of sp³-hybridized carbons (Fsp3) is 1.00. The van der Waals surface area contributed by atoms with E-state index in [0.29, 0.717) is 17.4 Å². The minimum Gasteiger partial charge on any atom is -0.381 e. The molecule has 0 spiro atoms. The highest BCUT2D eigenvalue weighted by Gasteiger charge is 2.36. The summed E-state index contributed by atoms with van der Waals surface area (Å²) in [6.45, 7) is 1.54. The van der Waals surface area contributed by atoms with Crippen molar-refractivity contribution in [3.8, 4) is 0 Å². The molecule has 2 saturated heterocycles. The van der Waals surface area contributed by atoms with Gasteiger partial charge < -0.3 is 4.74 Å². The van der Waals surface area contributed by atoms with Gasteiger partial charge in [0, 0.05) is 18.6 Å². The molecule has 88 valence electrons. The van der Waals surface area contributed by atoms with Gasteiger partial charge in [0.05, 0.1) is 11.5 Å². The van der Waals surface area contributed by atoms with Gasteiger partial charge in [-0.1, -0.05) is 0 Å². The van der Waals surface area contributed by atoms with E-state index in [1.165, 1.54) is 0 Å². The number of hydrogen-bond donors (Lipinski definition) is 0. The lowest BCUT2D eigenvalue weighted by Crippen LogP contribution is -2.30. The summed E-state index contributed by atoms with van der Waals surface area (Å²) in [5.74, 6) is 1.22. The topological polar surface area (TPSA) is 43.4 Å². The van der Waals surface area contributed by atoms with Gasteiger partial charge in [-0.15, -0.1) is 11.6 Å². The molecule has 0 N–H and O–H groups in total. The first-order chi connectivity index (χ1) is 7.08. The zero-order valence-electron chi connectivity index (χ0n) is 8.69. The molecule has 2 heterocycles. The van der Waals surface area contributed by atoms with Crippen molar-refractivity contribution in [1.29, 1.82) is 0 Å². The van der Waals surface area contributed by atoms with Crippen LogP contribution in [0, 0.1) is 11.8 Å². The van der Waals surface area contributed by atoms with Crippen molar-refractivity contribution in [3.05, 3.63) is 0 Å². The largest absolute Gasteiger partial charge is 0.381 e. The van der Waals surface area contributed by atoms with E-state index in [-0.39, 0.29) is 11.3 Å². The average Bonchev–Trinajstić information content (AvgIpc) is 2.59. The van der Waals surface area contributed by atoms with E-state index in [1.807, 2.05) is 0 Å². The molecule has 0 saturated carbocycles. The molecule has 0 bridgehead atoms. The lowest BCUT2D eigenvalue weighted by Gasteiger charge is -2.29. The molecule has 2 aliphatic rings. The molecule has 15 heavy (non-hydrogen) atoms. The monoisotopic (exact) mass is 252 g/mol. The van der Waals surface area contributed by atoms with Crippen molar-refractivity contribution < 1.29 is 13.2 Å². The maximum atomic E-state index is 11.3. The first kappa shape index (κ1) is 11.7. The third kappa shape index (κ3) is 2.86. The third-order valence-corrected chi connectivity index (χ3v) is 5.94. The van der Waals surface area contributed by atoms with Gasteiger partial charge in [-0.25, -0.2) is 8.42 Å². The van der Waals surface area contributed by atoms with Crippen molar-refractivity contribution in [3.63, 3.8) is 0 Å². The van der Waals surface area contributed by atoms with Crippen molar-refractivity contribution >= 4 is 21.4 Å². The molecule has 2 unspecified atom stereocenters. The summed E-state index contributed by atoms with van der Waals surface area (Å²) >= 11 is 6.37. The van der Waals surface area contributed by atoms with E-state index in [0.717, 1.165) is 32.5 Å². The SMILES string of the molecule is O=S1(=O)CCC(C(Cl)C2CCOCC2)C1. The number of ether oxygens (including phenoxy) is 1. The summed E-state index contributed by atoms with van der Waals surface area (Å²) < 4.78 is 28.0. The number of alkyl halides is 1. The average molecular weight is 253 g/mol. The normalized spacial score (nSPS) is 34.1. The van der Waals surface area contributed by atoms with Gasteiger partial charge in [0.15, 0.2) is 9.84 Å². The first-order valence-electron chi connectivity index (χ1n) is 5.51. The Kier molecular flexibility index (Phi) is 3.58. The van der Waals surface area contributed by atoms with Gasteiger partial charge in [0.2, 0.25) is 0 Å². The Bertz CT molecular complexity index is 309. The van der Waals surface area contributed by atoms with E-state index in [2.05, 4.69) is 0 Å². The predicted molar refractivity (Wildman–Crippen MR) is 59.9 cm³/mol. The van der Waals surface area contributed by atoms with Gasteiger partial charge in [0.25, 0.3) is 0 Å². The molecule has 3 nitrogen and oxygen atoms in total. The predicted octanol–water partition coefficient (Wildman–Crippen LogP) is 1.46. The second kappa shape index (κ2) is 4.60. The summed E-state index contributed by atoms with van der Waals surface area (Å²) in [4.78, 5) is 0. The van der Waals surface area contributed by atoms with Crippen LogP contribution in [-0.4, -0.2) is 38.5 Å². The Morgan fingerprint density at radius 1 is 1.13 bits per heavy atom. The Morgan fingerprint density at radius 3 is 2.33 bits per heavy atom. The molecule has 2 rings (SSSR count). The highest BCUT2D eigenvalue weighted by Crippen LogP contribution is 2.33. The Labute approximate surface area is 96.1 Å². The van der Waals surface area contributed by atoms with Crippen molar-refractivity contribution in [2.45, 2.75) is 24.6 Å². The summed E-state index contributed by atoms with van der Waals surface area (Å²) in [5.41, 5.74) is 0. The minimum absolute atomic E-state index is 0.0196. The van der Waals surface area contributed by atoms with Crippen molar-refractivity contribution in [2.24, 2.45) is 11.8 Å². The van der Waals surface area contributed by atoms with E-state index >= 15 is 0 Å². The lowest BCUT2D eigenvalue weighted by molar-refractivity contribution is 0.0611. The Morgan fingerprint density at radius 2 is 1.80 bits per heavy atom. The van der Waals surface area contributed by atoms with Gasteiger partial charge in [-0.3, -0.25) is 0 Å². The van der Waals surface area contributed by atoms with Gasteiger partial charge in [0.1, 0.15) is 0 Å². The van der Waals surface area contributed by atoms with E-state index < -0.39 is 9.84 Å². The minimum atomic E-state index is -2.79. The quantitative estimate of drug-likeness (QED) is 0.699. The van der Waals surface area contributed by atoms with Crippen LogP contribution in [0.15, 0.2) is 0 Å². The number of sulfone groups is 1. The molecule has 2 aliphatic heterocycles. The maximum Gasteiger partial charge on any atom is 0.150 e. The highest BCUT2D eigenvalue weighted by atomic mass is 35.5. The molecule has 0 aromatic heterocycles. The van der Waals surface area contributed by atoms with Crippen LogP contribution in [0.2, 0.25) is 0 Å². The van der Waals surface area contributed by atoms with Gasteiger partial charge in [-0.05, 0) is 31.1 Å². The van der Waals surface area contributed by atoms with Gasteiger partial charge >= 0.3 is 0 Å². The molecule has 0 radical (unpaired) electrons. The zero-order valence-corrected chi connectivity index (χ0v) is 10.3. The van der Waals surface area contributed by atoms with Crippen molar-refractivity contribution in [2.75, 3.05) is 24.7 Å². The van der Waals surface area contributed by atoms with E-state index in [1.54, 1.807) is 0 Å². The lowest BCUT2D eigenvalue weighted by atomic mass is 9.88. The van der Waals surface area contributed by atoms with E-state index in [9.17, 15) is 8.42 Å². The molecule has 2 fully saturated rings. The molecule has 0 aromatic rings. The number of halogens is 1. The molecule has 5 heteroatoms. The fourth-order valence-electron chi connectivity index (χ4n) is 2.49. The molecule has 2 atom stereocenters. The summed E-state index contributed by atoms with van der Waals surface area (Å²) in [6, 6.07) is 0. The van der Waals surface area contributed by atoms with Crippen molar-refractivity contribution in [1.82, 2.24) is 0 Å². The maximum absolute atomic E-state index is 11.3. The number of hydrogen-bond acceptors (Lipinski definition) is 3. The molecular formula is C10H17ClO3S. The molecule has 0 aliphatic carbocycles. The van der Waals surface area contributed by atoms with Crippen LogP contribution in [0.4, 0.5) is 0 Å². The van der Waals surface area contributed by atoms with Gasteiger partial charge in [-0.2, -0.15) is 0 Å². The standard InChI is InChI=1S/C10H17ClO3S/c11-10(8-1-4-14-5-2-8)9-3-6-15(12,13)7-9/h8-10H,1-7H2. The summed E-state index contributed by atoms with van der Waals surface area (Å²) in [6.07, 6.45) is 2.70. The van der Waals surface area contributed by atoms with E-state index in [4.69, 9.17) is 16.3 Å². The molecular weight excluding hydrogens is 236 g/mol. The zero-order chi connectivity index (χ0) is 10.9. The second-order valence-electron chi connectivity index (χ2n) is 4.56. The Balaban J connectivity index is 1.93. The molecule has 0 amide bonds. The highest BCUT2D eigenvalue weighted by molar-refractivity contribution is 7.91. The van der Waals surface area contributed by atoms with Crippen LogP contribution in [0.1, 0.15) is 19.3 Å². The fourth-order valence-corrected chi connectivity index (χ4v) is 4.92. The van der Waals surface area contributed by atoms with Crippen LogP contribution in [0.25, 0.3) is 0 Å². The summed E-state index contributed by atoms with van der Waals surface area (Å²) in [7, 11) is -2.79. The van der Waals surface area contributed by atoms with Crippen LogP contribution < -0.4 is 0 Å². The number of rotatable bonds is 2. The van der Waals surface area contributed by atoms with Crippen LogP contribution in [-0.2, 0) is 14.6 Å².